The number of ether oxygens (including phenoxy) is 2. The second kappa shape index (κ2) is 5.60. The van der Waals surface area contributed by atoms with E-state index in [1.54, 1.807) is 19.2 Å². The molecule has 0 aliphatic rings. The van der Waals surface area contributed by atoms with Crippen LogP contribution in [0.15, 0.2) is 18.2 Å². The van der Waals surface area contributed by atoms with Crippen LogP contribution in [0.3, 0.4) is 0 Å². The number of halogens is 1. The Hall–Kier alpha value is -1.09. The summed E-state index contributed by atoms with van der Waals surface area (Å²) in [4.78, 5) is 0. The normalized spacial score (nSPS) is 9.86. The highest BCUT2D eigenvalue weighted by Gasteiger charge is 2.01. The average molecular weight is 216 g/mol. The van der Waals surface area contributed by atoms with E-state index >= 15 is 0 Å². The summed E-state index contributed by atoms with van der Waals surface area (Å²) in [5.74, 6) is 1.99. The molecule has 0 fully saturated rings. The van der Waals surface area contributed by atoms with E-state index in [2.05, 4.69) is 0 Å². The van der Waals surface area contributed by atoms with Gasteiger partial charge in [-0.2, -0.15) is 0 Å². The quantitative estimate of drug-likeness (QED) is 0.466. The lowest BCUT2D eigenvalue weighted by molar-refractivity contribution is 0.315. The van der Waals surface area contributed by atoms with Crippen LogP contribution in [0.25, 0.3) is 0 Å². The Bertz CT molecular complexity index is 291. The van der Waals surface area contributed by atoms with Gasteiger partial charge in [-0.05, 0) is 18.6 Å². The summed E-state index contributed by atoms with van der Waals surface area (Å²) in [6, 6.07) is 5.34. The van der Waals surface area contributed by atoms with E-state index in [0.717, 1.165) is 12.2 Å². The summed E-state index contributed by atoms with van der Waals surface area (Å²) in [5.41, 5.74) is 6.26. The molecule has 14 heavy (non-hydrogen) atoms. The molecule has 0 unspecified atom stereocenters. The maximum atomic E-state index is 5.65. The zero-order valence-electron chi connectivity index (χ0n) is 8.13. The van der Waals surface area contributed by atoms with Crippen molar-refractivity contribution in [3.8, 4) is 11.5 Å². The first-order valence-electron chi connectivity index (χ1n) is 4.40. The summed E-state index contributed by atoms with van der Waals surface area (Å²) in [7, 11) is 1.58. The Labute approximate surface area is 88.8 Å². The standard InChI is InChI=1S/C10H14ClNO2/c1-13-10-7-8(3-4-9(10)12)14-6-2-5-11/h3-4,7H,2,5-6,12H2,1H3. The second-order valence-electron chi connectivity index (χ2n) is 2.79. The fourth-order valence-electron chi connectivity index (χ4n) is 1.03. The summed E-state index contributed by atoms with van der Waals surface area (Å²) in [6.45, 7) is 0.608. The number of hydrogen-bond donors (Lipinski definition) is 1. The summed E-state index contributed by atoms with van der Waals surface area (Å²) < 4.78 is 10.5. The molecule has 0 spiro atoms. The van der Waals surface area contributed by atoms with Gasteiger partial charge in [-0.15, -0.1) is 11.6 Å². The fourth-order valence-corrected chi connectivity index (χ4v) is 1.13. The lowest BCUT2D eigenvalue weighted by Crippen LogP contribution is -1.99. The molecule has 0 bridgehead atoms. The van der Waals surface area contributed by atoms with Crippen molar-refractivity contribution < 1.29 is 9.47 Å². The first-order chi connectivity index (χ1) is 6.77. The Morgan fingerprint density at radius 1 is 1.43 bits per heavy atom. The zero-order valence-corrected chi connectivity index (χ0v) is 8.88. The Balaban J connectivity index is 2.60. The molecule has 0 saturated heterocycles. The number of nitrogens with two attached hydrogens (primary N) is 1. The predicted molar refractivity (Wildman–Crippen MR) is 58.2 cm³/mol. The highest BCUT2D eigenvalue weighted by molar-refractivity contribution is 6.17. The highest BCUT2D eigenvalue weighted by atomic mass is 35.5. The number of benzene rings is 1. The third-order valence-corrected chi connectivity index (χ3v) is 2.02. The summed E-state index contributed by atoms with van der Waals surface area (Å²) in [5, 5.41) is 0. The van der Waals surface area contributed by atoms with Crippen LogP contribution in [-0.2, 0) is 0 Å². The van der Waals surface area contributed by atoms with Crippen molar-refractivity contribution in [2.75, 3.05) is 25.3 Å². The molecule has 78 valence electrons. The maximum Gasteiger partial charge on any atom is 0.145 e. The van der Waals surface area contributed by atoms with Crippen LogP contribution in [0.4, 0.5) is 5.69 Å². The molecule has 1 aromatic rings. The van der Waals surface area contributed by atoms with E-state index in [-0.39, 0.29) is 0 Å². The monoisotopic (exact) mass is 215 g/mol. The van der Waals surface area contributed by atoms with Crippen molar-refractivity contribution in [1.29, 1.82) is 0 Å². The molecule has 0 heterocycles. The van der Waals surface area contributed by atoms with Gasteiger partial charge in [-0.1, -0.05) is 0 Å². The lowest BCUT2D eigenvalue weighted by Gasteiger charge is -2.08. The van der Waals surface area contributed by atoms with Crippen molar-refractivity contribution in [3.05, 3.63) is 18.2 Å². The minimum absolute atomic E-state index is 0.603. The molecule has 0 radical (unpaired) electrons. The molecule has 0 saturated carbocycles. The van der Waals surface area contributed by atoms with Crippen molar-refractivity contribution in [3.63, 3.8) is 0 Å². The van der Waals surface area contributed by atoms with Gasteiger partial charge >= 0.3 is 0 Å². The van der Waals surface area contributed by atoms with Crippen LogP contribution < -0.4 is 15.2 Å². The smallest absolute Gasteiger partial charge is 0.145 e. The van der Waals surface area contributed by atoms with Gasteiger partial charge in [-0.25, -0.2) is 0 Å². The summed E-state index contributed by atoms with van der Waals surface area (Å²) >= 11 is 5.53. The number of anilines is 1. The molecule has 1 rings (SSSR count). The lowest BCUT2D eigenvalue weighted by atomic mass is 10.3. The Morgan fingerprint density at radius 2 is 2.21 bits per heavy atom. The number of hydrogen-bond acceptors (Lipinski definition) is 3. The Morgan fingerprint density at radius 3 is 2.86 bits per heavy atom. The van der Waals surface area contributed by atoms with Gasteiger partial charge < -0.3 is 15.2 Å². The third-order valence-electron chi connectivity index (χ3n) is 1.75. The van der Waals surface area contributed by atoms with Gasteiger partial charge in [0, 0.05) is 11.9 Å². The van der Waals surface area contributed by atoms with Crippen LogP contribution in [0.2, 0.25) is 0 Å². The topological polar surface area (TPSA) is 44.5 Å². The average Bonchev–Trinajstić information content (AvgIpc) is 2.21. The van der Waals surface area contributed by atoms with Crippen molar-refractivity contribution in [1.82, 2.24) is 0 Å². The van der Waals surface area contributed by atoms with Crippen LogP contribution in [0.5, 0.6) is 11.5 Å². The number of nitrogen functional groups attached to an aromatic ring is 1. The number of alkyl halides is 1. The minimum Gasteiger partial charge on any atom is -0.494 e. The molecular weight excluding hydrogens is 202 g/mol. The van der Waals surface area contributed by atoms with Gasteiger partial charge in [-0.3, -0.25) is 0 Å². The first kappa shape index (κ1) is 11.0. The molecule has 0 atom stereocenters. The van der Waals surface area contributed by atoms with Crippen LogP contribution in [-0.4, -0.2) is 19.6 Å². The van der Waals surface area contributed by atoms with E-state index in [1.165, 1.54) is 0 Å². The van der Waals surface area contributed by atoms with Gasteiger partial charge in [0.25, 0.3) is 0 Å². The second-order valence-corrected chi connectivity index (χ2v) is 3.17. The highest BCUT2D eigenvalue weighted by Crippen LogP contribution is 2.26. The van der Waals surface area contributed by atoms with Gasteiger partial charge in [0.2, 0.25) is 0 Å². The largest absolute Gasteiger partial charge is 0.494 e. The zero-order chi connectivity index (χ0) is 10.4. The van der Waals surface area contributed by atoms with E-state index in [1.807, 2.05) is 6.07 Å². The summed E-state index contributed by atoms with van der Waals surface area (Å²) in [6.07, 6.45) is 0.828. The minimum atomic E-state index is 0.603. The molecule has 3 nitrogen and oxygen atoms in total. The van der Waals surface area contributed by atoms with Crippen LogP contribution in [0.1, 0.15) is 6.42 Å². The van der Waals surface area contributed by atoms with Crippen molar-refractivity contribution in [2.24, 2.45) is 0 Å². The van der Waals surface area contributed by atoms with Gasteiger partial charge in [0.15, 0.2) is 0 Å². The van der Waals surface area contributed by atoms with Crippen LogP contribution in [0, 0.1) is 0 Å². The van der Waals surface area contributed by atoms with E-state index in [4.69, 9.17) is 26.8 Å². The maximum absolute atomic E-state index is 5.65. The van der Waals surface area contributed by atoms with Gasteiger partial charge in [0.05, 0.1) is 19.4 Å². The number of methoxy groups -OCH3 is 1. The van der Waals surface area contributed by atoms with E-state index in [9.17, 15) is 0 Å². The molecule has 0 aliphatic heterocycles. The van der Waals surface area contributed by atoms with Crippen molar-refractivity contribution in [2.45, 2.75) is 6.42 Å². The molecule has 0 amide bonds. The van der Waals surface area contributed by atoms with Gasteiger partial charge in [0.1, 0.15) is 11.5 Å². The molecule has 2 N–H and O–H groups in total. The van der Waals surface area contributed by atoms with E-state index < -0.39 is 0 Å². The molecule has 0 aliphatic carbocycles. The molecule has 1 aromatic carbocycles. The van der Waals surface area contributed by atoms with Crippen LogP contribution >= 0.6 is 11.6 Å². The van der Waals surface area contributed by atoms with E-state index in [0.29, 0.717) is 23.9 Å². The predicted octanol–water partition coefficient (Wildman–Crippen LogP) is 2.29. The molecule has 4 heteroatoms. The number of rotatable bonds is 5. The SMILES string of the molecule is COc1cc(OCCCCl)ccc1N. The first-order valence-corrected chi connectivity index (χ1v) is 4.93. The molecule has 0 aromatic heterocycles. The molecular formula is C10H14ClNO2. The Kier molecular flexibility index (Phi) is 4.40. The fraction of sp³-hybridized carbons (Fsp3) is 0.400. The van der Waals surface area contributed by atoms with Crippen molar-refractivity contribution >= 4 is 17.3 Å². The third kappa shape index (κ3) is 3.00.